The number of hydrogen-bond acceptors (Lipinski definition) is 3. The Balaban J connectivity index is 2.21. The quantitative estimate of drug-likeness (QED) is 0.849. The summed E-state index contributed by atoms with van der Waals surface area (Å²) < 4.78 is 1.86. The van der Waals surface area contributed by atoms with Crippen LogP contribution in [-0.4, -0.2) is 21.3 Å². The predicted octanol–water partition coefficient (Wildman–Crippen LogP) is 3.27. The highest BCUT2D eigenvalue weighted by Gasteiger charge is 2.06. The highest BCUT2D eigenvalue weighted by molar-refractivity contribution is 5.31. The smallest absolute Gasteiger partial charge is 0.153 e. The maximum Gasteiger partial charge on any atom is 0.153 e. The van der Waals surface area contributed by atoms with Gasteiger partial charge in [-0.1, -0.05) is 27.2 Å². The van der Waals surface area contributed by atoms with Crippen LogP contribution in [0.2, 0.25) is 0 Å². The first-order valence-electron chi connectivity index (χ1n) is 7.80. The van der Waals surface area contributed by atoms with Crippen molar-refractivity contribution in [2.45, 2.75) is 47.1 Å². The summed E-state index contributed by atoms with van der Waals surface area (Å²) >= 11 is 0. The average molecular weight is 286 g/mol. The van der Waals surface area contributed by atoms with Crippen molar-refractivity contribution in [2.24, 2.45) is 5.92 Å². The Morgan fingerprint density at radius 2 is 2.10 bits per heavy atom. The molecule has 0 unspecified atom stereocenters. The lowest BCUT2D eigenvalue weighted by atomic mass is 10.1. The zero-order valence-electron chi connectivity index (χ0n) is 13.6. The lowest BCUT2D eigenvalue weighted by Crippen LogP contribution is -2.19. The number of nitrogens with zero attached hydrogens (tertiary/aromatic N) is 3. The van der Waals surface area contributed by atoms with Crippen molar-refractivity contribution >= 4 is 0 Å². The fourth-order valence-electron chi connectivity index (χ4n) is 2.28. The van der Waals surface area contributed by atoms with E-state index in [0.29, 0.717) is 5.92 Å². The van der Waals surface area contributed by atoms with Gasteiger partial charge < -0.3 is 5.32 Å². The third-order valence-corrected chi connectivity index (χ3v) is 3.26. The van der Waals surface area contributed by atoms with E-state index in [2.05, 4.69) is 43.3 Å². The Labute approximate surface area is 127 Å². The molecule has 0 fully saturated rings. The fourth-order valence-corrected chi connectivity index (χ4v) is 2.28. The largest absolute Gasteiger partial charge is 0.312 e. The second-order valence-corrected chi connectivity index (χ2v) is 6.06. The number of nitrogens with one attached hydrogen (secondary N) is 1. The summed E-state index contributed by atoms with van der Waals surface area (Å²) in [6.07, 6.45) is 5.99. The highest BCUT2D eigenvalue weighted by atomic mass is 15.3. The minimum atomic E-state index is 0.662. The van der Waals surface area contributed by atoms with E-state index >= 15 is 0 Å². The Morgan fingerprint density at radius 3 is 2.71 bits per heavy atom. The van der Waals surface area contributed by atoms with Crippen LogP contribution in [0, 0.1) is 12.8 Å². The minimum absolute atomic E-state index is 0.662. The maximum absolute atomic E-state index is 4.72. The molecule has 0 saturated carbocycles. The summed E-state index contributed by atoms with van der Waals surface area (Å²) in [5, 5.41) is 7.87. The topological polar surface area (TPSA) is 42.7 Å². The van der Waals surface area contributed by atoms with Crippen LogP contribution < -0.4 is 5.32 Å². The molecule has 0 amide bonds. The van der Waals surface area contributed by atoms with E-state index in [1.165, 1.54) is 5.56 Å². The summed E-state index contributed by atoms with van der Waals surface area (Å²) in [6.45, 7) is 10.6. The monoisotopic (exact) mass is 286 g/mol. The van der Waals surface area contributed by atoms with Crippen LogP contribution in [0.5, 0.6) is 0 Å². The van der Waals surface area contributed by atoms with E-state index in [1.54, 1.807) is 0 Å². The molecule has 2 aromatic rings. The van der Waals surface area contributed by atoms with Crippen molar-refractivity contribution in [3.63, 3.8) is 0 Å². The fraction of sp³-hybridized carbons (Fsp3) is 0.529. The van der Waals surface area contributed by atoms with E-state index < -0.39 is 0 Å². The molecule has 0 aliphatic rings. The van der Waals surface area contributed by atoms with Gasteiger partial charge in [-0.25, -0.2) is 9.67 Å². The maximum atomic E-state index is 4.72. The zero-order valence-corrected chi connectivity index (χ0v) is 13.6. The molecule has 2 aromatic heterocycles. The van der Waals surface area contributed by atoms with Crippen molar-refractivity contribution in [3.8, 4) is 5.82 Å². The molecule has 2 rings (SSSR count). The molecule has 4 heteroatoms. The third-order valence-electron chi connectivity index (χ3n) is 3.26. The molecule has 0 aliphatic heterocycles. The Bertz CT molecular complexity index is 572. The van der Waals surface area contributed by atoms with Crippen LogP contribution in [-0.2, 0) is 13.0 Å². The molecule has 0 spiro atoms. The van der Waals surface area contributed by atoms with Gasteiger partial charge in [-0.05, 0) is 49.1 Å². The van der Waals surface area contributed by atoms with Gasteiger partial charge in [0.25, 0.3) is 0 Å². The normalized spacial score (nSPS) is 11.3. The molecule has 0 aromatic carbocycles. The first-order valence-corrected chi connectivity index (χ1v) is 7.80. The van der Waals surface area contributed by atoms with Crippen LogP contribution in [0.4, 0.5) is 0 Å². The summed E-state index contributed by atoms with van der Waals surface area (Å²) in [7, 11) is 0. The zero-order chi connectivity index (χ0) is 15.2. The van der Waals surface area contributed by atoms with Gasteiger partial charge in [-0.2, -0.15) is 5.10 Å². The molecule has 114 valence electrons. The van der Waals surface area contributed by atoms with Crippen molar-refractivity contribution in [2.75, 3.05) is 6.54 Å². The summed E-state index contributed by atoms with van der Waals surface area (Å²) in [5.74, 6) is 1.57. The van der Waals surface area contributed by atoms with Gasteiger partial charge in [0.05, 0.1) is 6.20 Å². The molecule has 0 atom stereocenters. The molecule has 0 radical (unpaired) electrons. The number of pyridine rings is 1. The molecule has 4 nitrogen and oxygen atoms in total. The Hall–Kier alpha value is -1.68. The SMILES string of the molecule is CCCc1cc(CNCC(C)C)cc(-n2cc(C)cn2)n1. The van der Waals surface area contributed by atoms with Gasteiger partial charge in [0.1, 0.15) is 0 Å². The first-order chi connectivity index (χ1) is 10.1. The first kappa shape index (κ1) is 15.7. The van der Waals surface area contributed by atoms with Gasteiger partial charge in [0, 0.05) is 18.4 Å². The minimum Gasteiger partial charge on any atom is -0.312 e. The number of aryl methyl sites for hydroxylation is 2. The summed E-state index contributed by atoms with van der Waals surface area (Å²) in [4.78, 5) is 4.72. The molecular weight excluding hydrogens is 260 g/mol. The van der Waals surface area contributed by atoms with Crippen molar-refractivity contribution in [1.29, 1.82) is 0 Å². The van der Waals surface area contributed by atoms with E-state index in [-0.39, 0.29) is 0 Å². The van der Waals surface area contributed by atoms with Crippen LogP contribution in [0.3, 0.4) is 0 Å². The predicted molar refractivity (Wildman–Crippen MR) is 86.6 cm³/mol. The van der Waals surface area contributed by atoms with Crippen LogP contribution in [0.1, 0.15) is 44.0 Å². The van der Waals surface area contributed by atoms with Gasteiger partial charge in [-0.15, -0.1) is 0 Å². The van der Waals surface area contributed by atoms with Crippen LogP contribution >= 0.6 is 0 Å². The number of aromatic nitrogens is 3. The van der Waals surface area contributed by atoms with Gasteiger partial charge >= 0.3 is 0 Å². The van der Waals surface area contributed by atoms with Crippen molar-refractivity contribution < 1.29 is 0 Å². The standard InChI is InChI=1S/C17H26N4/c1-5-6-16-7-15(11-18-9-13(2)3)8-17(20-16)21-12-14(4)10-19-21/h7-8,10,12-13,18H,5-6,9,11H2,1-4H3. The van der Waals surface area contributed by atoms with E-state index in [1.807, 2.05) is 24.0 Å². The molecule has 1 N–H and O–H groups in total. The summed E-state index contributed by atoms with van der Waals surface area (Å²) in [5.41, 5.74) is 3.57. The van der Waals surface area contributed by atoms with E-state index in [4.69, 9.17) is 4.98 Å². The molecule has 0 aliphatic carbocycles. The molecule has 21 heavy (non-hydrogen) atoms. The highest BCUT2D eigenvalue weighted by Crippen LogP contribution is 2.12. The van der Waals surface area contributed by atoms with E-state index in [9.17, 15) is 0 Å². The number of rotatable bonds is 7. The molecular formula is C17H26N4. The molecule has 0 saturated heterocycles. The lowest BCUT2D eigenvalue weighted by molar-refractivity contribution is 0.551. The number of hydrogen-bond donors (Lipinski definition) is 1. The molecule has 2 heterocycles. The van der Waals surface area contributed by atoms with Gasteiger partial charge in [0.2, 0.25) is 0 Å². The second kappa shape index (κ2) is 7.36. The van der Waals surface area contributed by atoms with Gasteiger partial charge in [-0.3, -0.25) is 0 Å². The van der Waals surface area contributed by atoms with E-state index in [0.717, 1.165) is 43.0 Å². The Kier molecular flexibility index (Phi) is 5.51. The second-order valence-electron chi connectivity index (χ2n) is 6.06. The van der Waals surface area contributed by atoms with Crippen LogP contribution in [0.25, 0.3) is 5.82 Å². The van der Waals surface area contributed by atoms with Gasteiger partial charge in [0.15, 0.2) is 5.82 Å². The molecule has 0 bridgehead atoms. The lowest BCUT2D eigenvalue weighted by Gasteiger charge is -2.11. The summed E-state index contributed by atoms with van der Waals surface area (Å²) in [6, 6.07) is 4.33. The van der Waals surface area contributed by atoms with Crippen molar-refractivity contribution in [3.05, 3.63) is 41.3 Å². The Morgan fingerprint density at radius 1 is 1.29 bits per heavy atom. The average Bonchev–Trinajstić information content (AvgIpc) is 2.85. The van der Waals surface area contributed by atoms with Crippen LogP contribution in [0.15, 0.2) is 24.5 Å². The van der Waals surface area contributed by atoms with Crippen molar-refractivity contribution in [1.82, 2.24) is 20.1 Å². The third kappa shape index (κ3) is 4.67.